The monoisotopic (exact) mass is 335 g/mol. The van der Waals surface area contributed by atoms with Crippen molar-refractivity contribution in [2.75, 3.05) is 0 Å². The minimum atomic E-state index is -0.775. The number of carbonyl (C=O) groups is 2. The maximum atomic E-state index is 12.4. The predicted octanol–water partition coefficient (Wildman–Crippen LogP) is 3.92. The molecule has 0 spiro atoms. The van der Waals surface area contributed by atoms with Gasteiger partial charge in [0.15, 0.2) is 0 Å². The number of amides is 1. The smallest absolute Gasteiger partial charge is 0.408 e. The number of hydrogen-bond donors (Lipinski definition) is 1. The summed E-state index contributed by atoms with van der Waals surface area (Å²) in [6.07, 6.45) is -0.872. The van der Waals surface area contributed by atoms with Gasteiger partial charge in [0, 0.05) is 0 Å². The van der Waals surface area contributed by atoms with Gasteiger partial charge in [0.2, 0.25) is 0 Å². The summed E-state index contributed by atoms with van der Waals surface area (Å²) >= 11 is 0. The zero-order valence-corrected chi connectivity index (χ0v) is 15.5. The standard InChI is InChI=1S/C19H29NO4/c1-13(2)19(5,6)16(17(21)24-14(3)4)20-18(22)23-12-15-10-8-7-9-11-15/h7-11,13-14,16H,12H2,1-6H3,(H,20,22). The molecule has 0 bridgehead atoms. The molecule has 5 nitrogen and oxygen atoms in total. The molecule has 1 rings (SSSR count). The van der Waals surface area contributed by atoms with Crippen LogP contribution in [0.25, 0.3) is 0 Å². The molecule has 5 heteroatoms. The first-order valence-electron chi connectivity index (χ1n) is 8.32. The Balaban J connectivity index is 2.76. The molecule has 0 heterocycles. The Morgan fingerprint density at radius 2 is 1.67 bits per heavy atom. The summed E-state index contributed by atoms with van der Waals surface area (Å²) in [4.78, 5) is 24.6. The van der Waals surface area contributed by atoms with Crippen molar-refractivity contribution in [1.82, 2.24) is 5.32 Å². The average Bonchev–Trinajstić information content (AvgIpc) is 2.50. The quantitative estimate of drug-likeness (QED) is 0.767. The molecule has 0 aliphatic heterocycles. The van der Waals surface area contributed by atoms with Crippen LogP contribution in [0.4, 0.5) is 4.79 Å². The number of hydrogen-bond acceptors (Lipinski definition) is 4. The fourth-order valence-electron chi connectivity index (χ4n) is 2.06. The van der Waals surface area contributed by atoms with E-state index in [2.05, 4.69) is 5.32 Å². The van der Waals surface area contributed by atoms with Gasteiger partial charge in [0.05, 0.1) is 6.10 Å². The van der Waals surface area contributed by atoms with Crippen LogP contribution >= 0.6 is 0 Å². The predicted molar refractivity (Wildman–Crippen MR) is 93.4 cm³/mol. The van der Waals surface area contributed by atoms with Gasteiger partial charge in [-0.2, -0.15) is 0 Å². The lowest BCUT2D eigenvalue weighted by atomic mass is 9.74. The maximum absolute atomic E-state index is 12.4. The van der Waals surface area contributed by atoms with Crippen LogP contribution in [0.15, 0.2) is 30.3 Å². The van der Waals surface area contributed by atoms with E-state index in [9.17, 15) is 9.59 Å². The number of esters is 1. The van der Waals surface area contributed by atoms with E-state index >= 15 is 0 Å². The molecule has 1 amide bonds. The second-order valence-corrected chi connectivity index (χ2v) is 7.10. The number of nitrogens with one attached hydrogen (secondary N) is 1. The van der Waals surface area contributed by atoms with Crippen LogP contribution in [0.3, 0.4) is 0 Å². The van der Waals surface area contributed by atoms with Crippen LogP contribution in [0, 0.1) is 11.3 Å². The average molecular weight is 335 g/mol. The van der Waals surface area contributed by atoms with Crippen molar-refractivity contribution in [2.45, 2.75) is 60.3 Å². The lowest BCUT2D eigenvalue weighted by molar-refractivity contribution is -0.154. The lowest BCUT2D eigenvalue weighted by Gasteiger charge is -2.36. The van der Waals surface area contributed by atoms with Crippen molar-refractivity contribution in [1.29, 1.82) is 0 Å². The summed E-state index contributed by atoms with van der Waals surface area (Å²) < 4.78 is 10.5. The highest BCUT2D eigenvalue weighted by molar-refractivity contribution is 5.82. The van der Waals surface area contributed by atoms with E-state index in [0.717, 1.165) is 5.56 Å². The van der Waals surface area contributed by atoms with Crippen LogP contribution in [0.1, 0.15) is 47.1 Å². The van der Waals surface area contributed by atoms with Crippen molar-refractivity contribution >= 4 is 12.1 Å². The number of alkyl carbamates (subject to hydrolysis) is 1. The Bertz CT molecular complexity index is 538. The molecule has 0 radical (unpaired) electrons. The van der Waals surface area contributed by atoms with Crippen molar-refractivity contribution in [2.24, 2.45) is 11.3 Å². The third kappa shape index (κ3) is 5.87. The van der Waals surface area contributed by atoms with Gasteiger partial charge in [0.25, 0.3) is 0 Å². The summed E-state index contributed by atoms with van der Waals surface area (Å²) in [6.45, 7) is 11.6. The molecule has 1 aromatic carbocycles. The second-order valence-electron chi connectivity index (χ2n) is 7.10. The van der Waals surface area contributed by atoms with E-state index in [1.54, 1.807) is 13.8 Å². The molecule has 0 saturated carbocycles. The van der Waals surface area contributed by atoms with E-state index in [-0.39, 0.29) is 18.6 Å². The van der Waals surface area contributed by atoms with E-state index < -0.39 is 23.5 Å². The Morgan fingerprint density at radius 3 is 2.17 bits per heavy atom. The Labute approximate surface area is 144 Å². The second kappa shape index (κ2) is 8.71. The molecule has 1 atom stereocenters. The lowest BCUT2D eigenvalue weighted by Crippen LogP contribution is -2.53. The molecule has 1 N–H and O–H groups in total. The van der Waals surface area contributed by atoms with Crippen LogP contribution in [0.2, 0.25) is 0 Å². The number of benzene rings is 1. The van der Waals surface area contributed by atoms with Gasteiger partial charge < -0.3 is 14.8 Å². The summed E-state index contributed by atoms with van der Waals surface area (Å²) in [6, 6.07) is 8.61. The molecule has 134 valence electrons. The van der Waals surface area contributed by atoms with Crippen LogP contribution in [-0.2, 0) is 20.9 Å². The largest absolute Gasteiger partial charge is 0.461 e. The zero-order chi connectivity index (χ0) is 18.3. The third-order valence-corrected chi connectivity index (χ3v) is 4.29. The first-order valence-corrected chi connectivity index (χ1v) is 8.32. The summed E-state index contributed by atoms with van der Waals surface area (Å²) in [5.41, 5.74) is 0.412. The highest BCUT2D eigenvalue weighted by Gasteiger charge is 2.40. The number of ether oxygens (including phenoxy) is 2. The fourth-order valence-corrected chi connectivity index (χ4v) is 2.06. The van der Waals surface area contributed by atoms with Gasteiger partial charge >= 0.3 is 12.1 Å². The minimum absolute atomic E-state index is 0.154. The Kier molecular flexibility index (Phi) is 7.26. The molecule has 0 aliphatic carbocycles. The van der Waals surface area contributed by atoms with Gasteiger partial charge in [-0.05, 0) is 30.7 Å². The number of rotatable bonds is 7. The highest BCUT2D eigenvalue weighted by Crippen LogP contribution is 2.31. The van der Waals surface area contributed by atoms with Crippen molar-refractivity contribution in [3.63, 3.8) is 0 Å². The summed E-state index contributed by atoms with van der Waals surface area (Å²) in [7, 11) is 0. The molecule has 1 unspecified atom stereocenters. The molecule has 0 aliphatic rings. The van der Waals surface area contributed by atoms with Gasteiger partial charge in [-0.25, -0.2) is 9.59 Å². The summed E-state index contributed by atoms with van der Waals surface area (Å²) in [5.74, 6) is -0.281. The summed E-state index contributed by atoms with van der Waals surface area (Å²) in [5, 5.41) is 2.68. The van der Waals surface area contributed by atoms with Gasteiger partial charge in [-0.15, -0.1) is 0 Å². The molecule has 1 aromatic rings. The molecule has 0 fully saturated rings. The van der Waals surface area contributed by atoms with Gasteiger partial charge in [-0.3, -0.25) is 0 Å². The highest BCUT2D eigenvalue weighted by atomic mass is 16.6. The normalized spacial score (nSPS) is 12.8. The first-order chi connectivity index (χ1) is 11.1. The van der Waals surface area contributed by atoms with E-state index in [4.69, 9.17) is 9.47 Å². The molecular formula is C19H29NO4. The van der Waals surface area contributed by atoms with Crippen molar-refractivity contribution < 1.29 is 19.1 Å². The SMILES string of the molecule is CC(C)OC(=O)C(NC(=O)OCc1ccccc1)C(C)(C)C(C)C. The minimum Gasteiger partial charge on any atom is -0.461 e. The third-order valence-electron chi connectivity index (χ3n) is 4.29. The van der Waals surface area contributed by atoms with Gasteiger partial charge in [-0.1, -0.05) is 58.0 Å². The van der Waals surface area contributed by atoms with Crippen LogP contribution in [-0.4, -0.2) is 24.2 Å². The fraction of sp³-hybridized carbons (Fsp3) is 0.579. The number of carbonyl (C=O) groups excluding carboxylic acids is 2. The maximum Gasteiger partial charge on any atom is 0.408 e. The van der Waals surface area contributed by atoms with Crippen molar-refractivity contribution in [3.8, 4) is 0 Å². The Hall–Kier alpha value is -2.04. The molecule has 0 aromatic heterocycles. The van der Waals surface area contributed by atoms with Crippen LogP contribution in [0.5, 0.6) is 0 Å². The Morgan fingerprint density at radius 1 is 1.08 bits per heavy atom. The molecule has 24 heavy (non-hydrogen) atoms. The molecular weight excluding hydrogens is 306 g/mol. The first kappa shape index (κ1) is 20.0. The molecule has 0 saturated heterocycles. The topological polar surface area (TPSA) is 64.6 Å². The van der Waals surface area contributed by atoms with Crippen LogP contribution < -0.4 is 5.32 Å². The van der Waals surface area contributed by atoms with E-state index in [1.165, 1.54) is 0 Å². The van der Waals surface area contributed by atoms with Gasteiger partial charge in [0.1, 0.15) is 12.6 Å². The van der Waals surface area contributed by atoms with Crippen molar-refractivity contribution in [3.05, 3.63) is 35.9 Å². The van der Waals surface area contributed by atoms with E-state index in [1.807, 2.05) is 58.0 Å². The van der Waals surface area contributed by atoms with E-state index in [0.29, 0.717) is 0 Å². The zero-order valence-electron chi connectivity index (χ0n) is 15.5.